The molecule has 1 heteroatoms. The Labute approximate surface area is 274 Å². The zero-order chi connectivity index (χ0) is 31.2. The molecule has 0 aromatic heterocycles. The Morgan fingerprint density at radius 2 is 0.787 bits per heavy atom. The Balaban J connectivity index is 1.15. The molecule has 0 aliphatic heterocycles. The van der Waals surface area contributed by atoms with Gasteiger partial charge in [-0.25, -0.2) is 0 Å². The molecule has 0 spiro atoms. The van der Waals surface area contributed by atoms with Crippen LogP contribution in [0.3, 0.4) is 0 Å². The molecule has 9 aromatic carbocycles. The lowest BCUT2D eigenvalue weighted by Crippen LogP contribution is -2.09. The van der Waals surface area contributed by atoms with E-state index in [0.29, 0.717) is 0 Å². The third kappa shape index (κ3) is 4.81. The highest BCUT2D eigenvalue weighted by Gasteiger charge is 2.15. The van der Waals surface area contributed by atoms with E-state index in [2.05, 4.69) is 193 Å². The van der Waals surface area contributed by atoms with E-state index in [9.17, 15) is 0 Å². The molecule has 0 aliphatic carbocycles. The van der Waals surface area contributed by atoms with Crippen LogP contribution in [0.1, 0.15) is 0 Å². The summed E-state index contributed by atoms with van der Waals surface area (Å²) in [5.74, 6) is 0. The summed E-state index contributed by atoms with van der Waals surface area (Å²) in [5, 5.41) is 10.2. The molecule has 0 unspecified atom stereocenters. The van der Waals surface area contributed by atoms with Crippen LogP contribution in [0.4, 0.5) is 17.1 Å². The predicted molar refractivity (Wildman–Crippen MR) is 202 cm³/mol. The Hall–Kier alpha value is -6.18. The van der Waals surface area contributed by atoms with Crippen molar-refractivity contribution in [3.63, 3.8) is 0 Å². The molecule has 47 heavy (non-hydrogen) atoms. The maximum Gasteiger partial charge on any atom is 0.0467 e. The molecule has 0 atom stereocenters. The molecule has 0 N–H and O–H groups in total. The third-order valence-electron chi connectivity index (χ3n) is 9.40. The number of fused-ring (bicyclic) bond motifs is 6. The van der Waals surface area contributed by atoms with Crippen molar-refractivity contribution in [2.24, 2.45) is 0 Å². The monoisotopic (exact) mass is 597 g/mol. The summed E-state index contributed by atoms with van der Waals surface area (Å²) in [7, 11) is 0. The number of benzene rings is 9. The lowest BCUT2D eigenvalue weighted by atomic mass is 9.93. The molecule has 0 radical (unpaired) electrons. The summed E-state index contributed by atoms with van der Waals surface area (Å²) in [6.45, 7) is 0. The summed E-state index contributed by atoms with van der Waals surface area (Å²) in [6, 6.07) is 68.2. The normalized spacial score (nSPS) is 11.4. The molecule has 0 aliphatic rings. The Morgan fingerprint density at radius 1 is 0.255 bits per heavy atom. The fourth-order valence-electron chi connectivity index (χ4n) is 7.11. The van der Waals surface area contributed by atoms with Crippen LogP contribution in [0.2, 0.25) is 0 Å². The molecule has 220 valence electrons. The zero-order valence-corrected chi connectivity index (χ0v) is 25.8. The van der Waals surface area contributed by atoms with Crippen molar-refractivity contribution in [2.75, 3.05) is 4.90 Å². The predicted octanol–water partition coefficient (Wildman–Crippen LogP) is 13.1. The Kier molecular flexibility index (Phi) is 6.54. The summed E-state index contributed by atoms with van der Waals surface area (Å²) < 4.78 is 0. The van der Waals surface area contributed by atoms with Crippen molar-refractivity contribution >= 4 is 60.2 Å². The van der Waals surface area contributed by atoms with Gasteiger partial charge in [0.1, 0.15) is 0 Å². The van der Waals surface area contributed by atoms with Crippen LogP contribution in [-0.4, -0.2) is 0 Å². The average Bonchev–Trinajstić information content (AvgIpc) is 3.15. The van der Waals surface area contributed by atoms with Gasteiger partial charge in [-0.15, -0.1) is 0 Å². The Bertz CT molecular complexity index is 2560. The quantitative estimate of drug-likeness (QED) is 0.178. The van der Waals surface area contributed by atoms with Gasteiger partial charge in [-0.3, -0.25) is 0 Å². The van der Waals surface area contributed by atoms with E-state index in [1.165, 1.54) is 65.3 Å². The molecule has 1 nitrogen and oxygen atoms in total. The molecule has 0 bridgehead atoms. The molecule has 0 heterocycles. The van der Waals surface area contributed by atoms with Gasteiger partial charge in [0.25, 0.3) is 0 Å². The molecule has 0 amide bonds. The molecule has 9 aromatic rings. The van der Waals surface area contributed by atoms with Gasteiger partial charge in [0.2, 0.25) is 0 Å². The van der Waals surface area contributed by atoms with Gasteiger partial charge < -0.3 is 4.90 Å². The van der Waals surface area contributed by atoms with Gasteiger partial charge in [-0.2, -0.15) is 0 Å². The molecule has 0 saturated heterocycles. The van der Waals surface area contributed by atoms with E-state index >= 15 is 0 Å². The summed E-state index contributed by atoms with van der Waals surface area (Å²) in [4.78, 5) is 2.35. The van der Waals surface area contributed by atoms with Crippen LogP contribution in [0.25, 0.3) is 65.3 Å². The van der Waals surface area contributed by atoms with E-state index in [-0.39, 0.29) is 0 Å². The van der Waals surface area contributed by atoms with Crippen molar-refractivity contribution < 1.29 is 0 Å². The summed E-state index contributed by atoms with van der Waals surface area (Å²) in [6.07, 6.45) is 0. The number of hydrogen-bond donors (Lipinski definition) is 0. The van der Waals surface area contributed by atoms with Crippen molar-refractivity contribution in [1.29, 1.82) is 0 Å². The van der Waals surface area contributed by atoms with Crippen molar-refractivity contribution in [1.82, 2.24) is 0 Å². The highest BCUT2D eigenvalue weighted by molar-refractivity contribution is 6.14. The highest BCUT2D eigenvalue weighted by atomic mass is 15.1. The first-order chi connectivity index (χ1) is 23.3. The van der Waals surface area contributed by atoms with Crippen LogP contribution in [0.5, 0.6) is 0 Å². The average molecular weight is 598 g/mol. The van der Waals surface area contributed by atoms with Crippen LogP contribution in [0.15, 0.2) is 188 Å². The van der Waals surface area contributed by atoms with Gasteiger partial charge in [-0.05, 0) is 114 Å². The summed E-state index contributed by atoms with van der Waals surface area (Å²) in [5.41, 5.74) is 8.23. The second-order valence-electron chi connectivity index (χ2n) is 12.2. The SMILES string of the molecule is c1ccc(N(c2ccc(-c3cc4ccccc4c4ccccc34)cc2)c2cccc(-c3ccc4ccc5ccccc5c4c3)c2)cc1. The van der Waals surface area contributed by atoms with Crippen molar-refractivity contribution in [3.8, 4) is 22.3 Å². The topological polar surface area (TPSA) is 3.24 Å². The minimum atomic E-state index is 1.12. The molecule has 0 saturated carbocycles. The maximum absolute atomic E-state index is 2.35. The van der Waals surface area contributed by atoms with Crippen LogP contribution in [0, 0.1) is 0 Å². The van der Waals surface area contributed by atoms with Crippen LogP contribution in [-0.2, 0) is 0 Å². The smallest absolute Gasteiger partial charge is 0.0467 e. The van der Waals surface area contributed by atoms with Gasteiger partial charge in [0, 0.05) is 17.1 Å². The Morgan fingerprint density at radius 3 is 1.57 bits per heavy atom. The fraction of sp³-hybridized carbons (Fsp3) is 0. The second kappa shape index (κ2) is 11.3. The number of hydrogen-bond acceptors (Lipinski definition) is 1. The first kappa shape index (κ1) is 27.2. The maximum atomic E-state index is 2.35. The lowest BCUT2D eigenvalue weighted by molar-refractivity contribution is 1.28. The largest absolute Gasteiger partial charge is 0.310 e. The van der Waals surface area contributed by atoms with Crippen LogP contribution < -0.4 is 4.90 Å². The first-order valence-electron chi connectivity index (χ1n) is 16.2. The number of rotatable bonds is 5. The van der Waals surface area contributed by atoms with E-state index < -0.39 is 0 Å². The van der Waals surface area contributed by atoms with Gasteiger partial charge in [0.15, 0.2) is 0 Å². The molecular formula is C46H31N. The standard InChI is InChI=1S/C46H31N/c1-2-14-38(15-3-1)47(39-27-25-34(26-28-39)46-31-37-12-5-7-18-42(37)43-19-8-9-20-44(43)46)40-16-10-13-35(29-40)36-24-23-33-22-21-32-11-4-6-17-41(32)45(33)30-36/h1-31H. The van der Waals surface area contributed by atoms with E-state index in [1.807, 2.05) is 0 Å². The van der Waals surface area contributed by atoms with Crippen molar-refractivity contribution in [2.45, 2.75) is 0 Å². The second-order valence-corrected chi connectivity index (χ2v) is 12.2. The van der Waals surface area contributed by atoms with Gasteiger partial charge in [-0.1, -0.05) is 140 Å². The number of para-hydroxylation sites is 1. The minimum Gasteiger partial charge on any atom is -0.310 e. The highest BCUT2D eigenvalue weighted by Crippen LogP contribution is 2.40. The molecule has 0 fully saturated rings. The van der Waals surface area contributed by atoms with Crippen molar-refractivity contribution in [3.05, 3.63) is 188 Å². The van der Waals surface area contributed by atoms with Gasteiger partial charge in [0.05, 0.1) is 0 Å². The number of nitrogens with zero attached hydrogens (tertiary/aromatic N) is 1. The fourth-order valence-corrected chi connectivity index (χ4v) is 7.11. The summed E-state index contributed by atoms with van der Waals surface area (Å²) >= 11 is 0. The van der Waals surface area contributed by atoms with E-state index in [4.69, 9.17) is 0 Å². The molecular weight excluding hydrogens is 567 g/mol. The zero-order valence-electron chi connectivity index (χ0n) is 25.8. The van der Waals surface area contributed by atoms with Gasteiger partial charge >= 0.3 is 0 Å². The van der Waals surface area contributed by atoms with E-state index in [0.717, 1.165) is 17.1 Å². The van der Waals surface area contributed by atoms with E-state index in [1.54, 1.807) is 0 Å². The third-order valence-corrected chi connectivity index (χ3v) is 9.40. The lowest BCUT2D eigenvalue weighted by Gasteiger charge is -2.26. The number of anilines is 3. The minimum absolute atomic E-state index is 1.12. The molecule has 9 rings (SSSR count). The van der Waals surface area contributed by atoms with Crippen LogP contribution >= 0.6 is 0 Å². The first-order valence-corrected chi connectivity index (χ1v) is 16.2.